The van der Waals surface area contributed by atoms with Gasteiger partial charge < -0.3 is 15.5 Å². The Kier molecular flexibility index (Phi) is 4.75. The molecule has 2 N–H and O–H groups in total. The fraction of sp³-hybridized carbons (Fsp3) is 0.368. The first-order chi connectivity index (χ1) is 13.1. The van der Waals surface area contributed by atoms with Crippen LogP contribution in [0.3, 0.4) is 0 Å². The average molecular weight is 384 g/mol. The molecule has 0 saturated carbocycles. The van der Waals surface area contributed by atoms with Gasteiger partial charge >= 0.3 is 0 Å². The summed E-state index contributed by atoms with van der Waals surface area (Å²) in [5.74, 6) is -0.608. The normalized spacial score (nSPS) is 22.8. The second-order valence-electron chi connectivity index (χ2n) is 6.84. The molecule has 0 aromatic carbocycles. The summed E-state index contributed by atoms with van der Waals surface area (Å²) in [6, 6.07) is 7.39. The third kappa shape index (κ3) is 3.26. The lowest BCUT2D eigenvalue weighted by Gasteiger charge is -2.26. The second kappa shape index (κ2) is 7.21. The summed E-state index contributed by atoms with van der Waals surface area (Å²) in [4.78, 5) is 46.4. The summed E-state index contributed by atoms with van der Waals surface area (Å²) in [5.41, 5.74) is 6.43. The fourth-order valence-electron chi connectivity index (χ4n) is 3.92. The van der Waals surface area contributed by atoms with Crippen molar-refractivity contribution in [3.8, 4) is 0 Å². The van der Waals surface area contributed by atoms with Crippen LogP contribution in [0.5, 0.6) is 0 Å². The van der Waals surface area contributed by atoms with Crippen LogP contribution in [0.2, 0.25) is 0 Å². The van der Waals surface area contributed by atoms with Crippen molar-refractivity contribution in [1.82, 2.24) is 14.8 Å². The molecule has 27 heavy (non-hydrogen) atoms. The zero-order valence-electron chi connectivity index (χ0n) is 14.7. The molecule has 7 nitrogen and oxygen atoms in total. The van der Waals surface area contributed by atoms with Gasteiger partial charge in [0.05, 0.1) is 18.6 Å². The topological polar surface area (TPSA) is 96.6 Å². The molecule has 2 amide bonds. The summed E-state index contributed by atoms with van der Waals surface area (Å²) in [7, 11) is 0. The van der Waals surface area contributed by atoms with E-state index < -0.39 is 12.1 Å². The van der Waals surface area contributed by atoms with Crippen molar-refractivity contribution in [1.29, 1.82) is 0 Å². The van der Waals surface area contributed by atoms with Crippen molar-refractivity contribution >= 4 is 28.9 Å². The van der Waals surface area contributed by atoms with Crippen LogP contribution in [-0.4, -0.2) is 63.6 Å². The van der Waals surface area contributed by atoms with Gasteiger partial charge in [-0.2, -0.15) is 0 Å². The number of ketones is 1. The number of amides is 2. The minimum atomic E-state index is -0.684. The second-order valence-corrected chi connectivity index (χ2v) is 7.87. The number of carbonyl (C=O) groups excluding carboxylic acids is 3. The lowest BCUT2D eigenvalue weighted by Crippen LogP contribution is -2.50. The highest BCUT2D eigenvalue weighted by atomic mass is 32.1. The van der Waals surface area contributed by atoms with E-state index in [1.165, 1.54) is 0 Å². The SMILES string of the molecule is NC(Cc1cccs1)C(=O)N1CCC2C1C(=O)CN2C(=O)c1ccccn1. The Bertz CT molecular complexity index is 855. The van der Waals surface area contributed by atoms with Crippen LogP contribution >= 0.6 is 11.3 Å². The van der Waals surface area contributed by atoms with Gasteiger partial charge in [-0.3, -0.25) is 19.4 Å². The number of aromatic nitrogens is 1. The van der Waals surface area contributed by atoms with E-state index >= 15 is 0 Å². The van der Waals surface area contributed by atoms with Gasteiger partial charge in [0.2, 0.25) is 5.91 Å². The van der Waals surface area contributed by atoms with Crippen LogP contribution in [0.25, 0.3) is 0 Å². The molecule has 140 valence electrons. The van der Waals surface area contributed by atoms with E-state index in [0.717, 1.165) is 4.88 Å². The standard InChI is InChI=1S/C19H20N4O3S/c20-13(10-12-4-3-9-27-12)18(25)22-8-6-15-17(22)16(24)11-23(15)19(26)14-5-1-2-7-21-14/h1-5,7,9,13,15,17H,6,8,10-11,20H2. The molecule has 3 unspecified atom stereocenters. The van der Waals surface area contributed by atoms with E-state index in [0.29, 0.717) is 25.1 Å². The first-order valence-corrected chi connectivity index (χ1v) is 9.77. The lowest BCUT2D eigenvalue weighted by atomic mass is 10.1. The quantitative estimate of drug-likeness (QED) is 0.837. The molecular weight excluding hydrogens is 364 g/mol. The van der Waals surface area contributed by atoms with Gasteiger partial charge in [-0.05, 0) is 30.0 Å². The van der Waals surface area contributed by atoms with Crippen molar-refractivity contribution in [2.24, 2.45) is 5.73 Å². The molecule has 4 heterocycles. The molecule has 0 radical (unpaired) electrons. The smallest absolute Gasteiger partial charge is 0.273 e. The van der Waals surface area contributed by atoms with Crippen LogP contribution < -0.4 is 5.73 Å². The third-order valence-electron chi connectivity index (χ3n) is 5.17. The number of likely N-dealkylation sites (tertiary alicyclic amines) is 2. The van der Waals surface area contributed by atoms with E-state index in [-0.39, 0.29) is 30.2 Å². The van der Waals surface area contributed by atoms with Crippen LogP contribution in [0, 0.1) is 0 Å². The number of nitrogens with zero attached hydrogens (tertiary/aromatic N) is 3. The Morgan fingerprint density at radius 1 is 1.26 bits per heavy atom. The average Bonchev–Trinajstić information content (AvgIpc) is 3.40. The minimum absolute atomic E-state index is 0.00861. The summed E-state index contributed by atoms with van der Waals surface area (Å²) in [6.07, 6.45) is 2.58. The Morgan fingerprint density at radius 3 is 2.81 bits per heavy atom. The van der Waals surface area contributed by atoms with Gasteiger partial charge in [0, 0.05) is 24.0 Å². The van der Waals surface area contributed by atoms with E-state index in [9.17, 15) is 14.4 Å². The molecular formula is C19H20N4O3S. The molecule has 0 aliphatic carbocycles. The van der Waals surface area contributed by atoms with E-state index in [2.05, 4.69) is 4.98 Å². The molecule has 2 aromatic rings. The maximum Gasteiger partial charge on any atom is 0.273 e. The van der Waals surface area contributed by atoms with Gasteiger partial charge in [-0.25, -0.2) is 0 Å². The van der Waals surface area contributed by atoms with Crippen LogP contribution in [0.4, 0.5) is 0 Å². The Labute approximate surface area is 160 Å². The lowest BCUT2D eigenvalue weighted by molar-refractivity contribution is -0.137. The molecule has 0 spiro atoms. The van der Waals surface area contributed by atoms with Gasteiger partial charge in [-0.1, -0.05) is 12.1 Å². The first kappa shape index (κ1) is 17.8. The van der Waals surface area contributed by atoms with Crippen LogP contribution in [0.1, 0.15) is 21.8 Å². The number of Topliss-reactive ketones (excluding diaryl/α,β-unsaturated/α-hetero) is 1. The van der Waals surface area contributed by atoms with Crippen molar-refractivity contribution in [3.63, 3.8) is 0 Å². The van der Waals surface area contributed by atoms with Crippen LogP contribution in [-0.2, 0) is 16.0 Å². The summed E-state index contributed by atoms with van der Waals surface area (Å²) in [6.45, 7) is 0.443. The van der Waals surface area contributed by atoms with E-state index in [4.69, 9.17) is 5.73 Å². The fourth-order valence-corrected chi connectivity index (χ4v) is 4.69. The number of carbonyl (C=O) groups is 3. The van der Waals surface area contributed by atoms with Gasteiger partial charge in [0.25, 0.3) is 5.91 Å². The highest BCUT2D eigenvalue weighted by molar-refractivity contribution is 7.09. The van der Waals surface area contributed by atoms with Crippen molar-refractivity contribution in [2.75, 3.05) is 13.1 Å². The highest BCUT2D eigenvalue weighted by Gasteiger charge is 2.52. The third-order valence-corrected chi connectivity index (χ3v) is 6.07. The number of fused-ring (bicyclic) bond motifs is 1. The molecule has 8 heteroatoms. The first-order valence-electron chi connectivity index (χ1n) is 8.89. The maximum atomic E-state index is 12.8. The largest absolute Gasteiger partial charge is 0.329 e. The van der Waals surface area contributed by atoms with E-state index in [1.54, 1.807) is 45.5 Å². The number of hydrogen-bond donors (Lipinski definition) is 1. The van der Waals surface area contributed by atoms with Crippen LogP contribution in [0.15, 0.2) is 41.9 Å². The van der Waals surface area contributed by atoms with Crippen molar-refractivity contribution in [2.45, 2.75) is 31.0 Å². The van der Waals surface area contributed by atoms with Gasteiger partial charge in [0.1, 0.15) is 11.7 Å². The van der Waals surface area contributed by atoms with Crippen molar-refractivity contribution < 1.29 is 14.4 Å². The molecule has 2 fully saturated rings. The van der Waals surface area contributed by atoms with Gasteiger partial charge in [-0.15, -0.1) is 11.3 Å². The summed E-state index contributed by atoms with van der Waals surface area (Å²) in [5, 5.41) is 1.94. The number of rotatable bonds is 4. The highest BCUT2D eigenvalue weighted by Crippen LogP contribution is 2.31. The number of hydrogen-bond acceptors (Lipinski definition) is 6. The number of pyridine rings is 1. The minimum Gasteiger partial charge on any atom is -0.329 e. The zero-order valence-corrected chi connectivity index (χ0v) is 15.5. The number of nitrogens with two attached hydrogens (primary N) is 1. The molecule has 0 bridgehead atoms. The monoisotopic (exact) mass is 384 g/mol. The Hall–Kier alpha value is -2.58. The molecule has 2 aromatic heterocycles. The predicted octanol–water partition coefficient (Wildman–Crippen LogP) is 0.707. The predicted molar refractivity (Wildman–Crippen MR) is 100 cm³/mol. The Balaban J connectivity index is 1.49. The molecule has 2 aliphatic heterocycles. The maximum absolute atomic E-state index is 12.8. The van der Waals surface area contributed by atoms with Gasteiger partial charge in [0.15, 0.2) is 5.78 Å². The summed E-state index contributed by atoms with van der Waals surface area (Å²) < 4.78 is 0. The van der Waals surface area contributed by atoms with E-state index in [1.807, 2.05) is 17.5 Å². The molecule has 2 saturated heterocycles. The number of thiophene rings is 1. The molecule has 4 rings (SSSR count). The molecule has 3 atom stereocenters. The van der Waals surface area contributed by atoms with Crippen molar-refractivity contribution in [3.05, 3.63) is 52.5 Å². The zero-order chi connectivity index (χ0) is 19.0. The molecule has 2 aliphatic rings. The Morgan fingerprint density at radius 2 is 2.11 bits per heavy atom. The summed E-state index contributed by atoms with van der Waals surface area (Å²) >= 11 is 1.56.